The highest BCUT2D eigenvalue weighted by Gasteiger charge is 2.48. The average molecular weight is 378 g/mol. The number of anilines is 2. The Labute approximate surface area is 141 Å². The topological polar surface area (TPSA) is 84.2 Å². The van der Waals surface area contributed by atoms with E-state index >= 15 is 0 Å². The summed E-state index contributed by atoms with van der Waals surface area (Å²) in [5.41, 5.74) is 1.77. The van der Waals surface area contributed by atoms with Gasteiger partial charge >= 0.3 is 0 Å². The van der Waals surface area contributed by atoms with Gasteiger partial charge < -0.3 is 15.2 Å². The highest BCUT2D eigenvalue weighted by molar-refractivity contribution is 9.10. The van der Waals surface area contributed by atoms with E-state index in [1.54, 1.807) is 13.0 Å². The van der Waals surface area contributed by atoms with Crippen molar-refractivity contribution in [2.45, 2.75) is 20.3 Å². The Hall–Kier alpha value is -2.15. The summed E-state index contributed by atoms with van der Waals surface area (Å²) < 4.78 is 5.88. The third-order valence-corrected chi connectivity index (χ3v) is 4.66. The Balaban J connectivity index is 1.55. The van der Waals surface area contributed by atoms with Crippen molar-refractivity contribution in [2.24, 2.45) is 11.8 Å². The Morgan fingerprint density at radius 3 is 2.48 bits per heavy atom. The number of hydrogen-bond donors (Lipinski definition) is 2. The molecule has 0 bridgehead atoms. The molecule has 2 N–H and O–H groups in total. The Bertz CT molecular complexity index is 772. The largest absolute Gasteiger partial charge is 0.360 e. The third-order valence-electron chi connectivity index (χ3n) is 3.77. The molecule has 1 saturated carbocycles. The maximum atomic E-state index is 12.2. The van der Waals surface area contributed by atoms with Gasteiger partial charge in [-0.25, -0.2) is 0 Å². The summed E-state index contributed by atoms with van der Waals surface area (Å²) in [5.74, 6) is 0.0437. The minimum Gasteiger partial charge on any atom is -0.360 e. The van der Waals surface area contributed by atoms with E-state index in [1.807, 2.05) is 25.1 Å². The fraction of sp³-hybridized carbons (Fsp3) is 0.312. The molecule has 2 atom stereocenters. The van der Waals surface area contributed by atoms with E-state index in [9.17, 15) is 9.59 Å². The van der Waals surface area contributed by atoms with E-state index in [2.05, 4.69) is 31.7 Å². The predicted octanol–water partition coefficient (Wildman–Crippen LogP) is 3.27. The van der Waals surface area contributed by atoms with E-state index < -0.39 is 0 Å². The van der Waals surface area contributed by atoms with Gasteiger partial charge in [-0.15, -0.1) is 0 Å². The summed E-state index contributed by atoms with van der Waals surface area (Å²) >= 11 is 3.42. The second kappa shape index (κ2) is 6.16. The van der Waals surface area contributed by atoms with Crippen molar-refractivity contribution in [1.29, 1.82) is 0 Å². The summed E-state index contributed by atoms with van der Waals surface area (Å²) in [6.45, 7) is 3.70. The van der Waals surface area contributed by atoms with E-state index in [1.165, 1.54) is 0 Å². The lowest BCUT2D eigenvalue weighted by molar-refractivity contribution is -0.122. The van der Waals surface area contributed by atoms with E-state index in [4.69, 9.17) is 4.52 Å². The van der Waals surface area contributed by atoms with Crippen LogP contribution in [0, 0.1) is 25.7 Å². The van der Waals surface area contributed by atoms with Crippen molar-refractivity contribution >= 4 is 39.2 Å². The van der Waals surface area contributed by atoms with Gasteiger partial charge in [0.2, 0.25) is 11.8 Å². The van der Waals surface area contributed by atoms with Crippen molar-refractivity contribution in [3.8, 4) is 0 Å². The zero-order valence-electron chi connectivity index (χ0n) is 12.7. The molecule has 6 nitrogen and oxygen atoms in total. The number of rotatable bonds is 4. The van der Waals surface area contributed by atoms with Crippen LogP contribution in [0.3, 0.4) is 0 Å². The van der Waals surface area contributed by atoms with Crippen LogP contribution in [-0.4, -0.2) is 17.0 Å². The van der Waals surface area contributed by atoms with Crippen LogP contribution >= 0.6 is 15.9 Å². The van der Waals surface area contributed by atoms with Crippen LogP contribution in [0.4, 0.5) is 11.5 Å². The molecule has 3 rings (SSSR count). The molecule has 2 aromatic rings. The van der Waals surface area contributed by atoms with Gasteiger partial charge in [-0.3, -0.25) is 9.59 Å². The minimum atomic E-state index is -0.316. The molecule has 2 unspecified atom stereocenters. The normalized spacial score (nSPS) is 19.3. The molecule has 1 aliphatic rings. The predicted molar refractivity (Wildman–Crippen MR) is 89.0 cm³/mol. The Kier molecular flexibility index (Phi) is 4.21. The second-order valence-electron chi connectivity index (χ2n) is 5.71. The first-order valence-electron chi connectivity index (χ1n) is 7.25. The van der Waals surface area contributed by atoms with E-state index in [-0.39, 0.29) is 23.7 Å². The number of aromatic nitrogens is 1. The molecule has 2 amide bonds. The van der Waals surface area contributed by atoms with Crippen LogP contribution in [0.25, 0.3) is 0 Å². The van der Waals surface area contributed by atoms with Crippen LogP contribution in [0.1, 0.15) is 17.7 Å². The first-order valence-corrected chi connectivity index (χ1v) is 8.04. The molecule has 1 aromatic carbocycles. The third kappa shape index (κ3) is 3.61. The molecule has 1 aromatic heterocycles. The standard InChI is InChI=1S/C16H16BrN3O3/c1-8-5-10(3-4-13(8)17)18-15(21)11-7-12(11)16(22)19-14-6-9(2)23-20-14/h3-6,11-12H,7H2,1-2H3,(H,18,21)(H,19,20,22). The van der Waals surface area contributed by atoms with Crippen molar-refractivity contribution in [3.05, 3.63) is 40.1 Å². The van der Waals surface area contributed by atoms with Gasteiger partial charge in [0.05, 0.1) is 11.8 Å². The quantitative estimate of drug-likeness (QED) is 0.855. The first kappa shape index (κ1) is 15.7. The van der Waals surface area contributed by atoms with Gasteiger partial charge in [-0.1, -0.05) is 21.1 Å². The Morgan fingerprint density at radius 2 is 1.87 bits per heavy atom. The summed E-state index contributed by atoms with van der Waals surface area (Å²) in [4.78, 5) is 24.3. The lowest BCUT2D eigenvalue weighted by Crippen LogP contribution is -2.20. The van der Waals surface area contributed by atoms with Gasteiger partial charge in [-0.2, -0.15) is 0 Å². The molecule has 0 aliphatic heterocycles. The van der Waals surface area contributed by atoms with Crippen LogP contribution in [-0.2, 0) is 9.59 Å². The molecule has 1 fully saturated rings. The molecule has 0 saturated heterocycles. The van der Waals surface area contributed by atoms with Crippen molar-refractivity contribution in [1.82, 2.24) is 5.16 Å². The summed E-state index contributed by atoms with van der Waals surface area (Å²) in [6.07, 6.45) is 0.546. The first-order chi connectivity index (χ1) is 10.9. The number of carbonyl (C=O) groups excluding carboxylic acids is 2. The van der Waals surface area contributed by atoms with Crippen molar-refractivity contribution in [2.75, 3.05) is 10.6 Å². The number of hydrogen-bond acceptors (Lipinski definition) is 4. The molecule has 1 aliphatic carbocycles. The number of benzene rings is 1. The van der Waals surface area contributed by atoms with Gasteiger partial charge in [-0.05, 0) is 44.0 Å². The van der Waals surface area contributed by atoms with Gasteiger partial charge in [0.15, 0.2) is 5.82 Å². The fourth-order valence-electron chi connectivity index (χ4n) is 2.38. The minimum absolute atomic E-state index is 0.136. The Morgan fingerprint density at radius 1 is 1.17 bits per heavy atom. The number of nitrogens with zero attached hydrogens (tertiary/aromatic N) is 1. The molecule has 1 heterocycles. The van der Waals surface area contributed by atoms with Gasteiger partial charge in [0.1, 0.15) is 5.76 Å². The highest BCUT2D eigenvalue weighted by atomic mass is 79.9. The smallest absolute Gasteiger partial charge is 0.229 e. The summed E-state index contributed by atoms with van der Waals surface area (Å²) in [7, 11) is 0. The zero-order chi connectivity index (χ0) is 16.6. The van der Waals surface area contributed by atoms with Gasteiger partial charge in [0.25, 0.3) is 0 Å². The van der Waals surface area contributed by atoms with E-state index in [0.29, 0.717) is 18.0 Å². The lowest BCUT2D eigenvalue weighted by atomic mass is 10.2. The van der Waals surface area contributed by atoms with Crippen LogP contribution < -0.4 is 10.6 Å². The van der Waals surface area contributed by atoms with Crippen LogP contribution in [0.2, 0.25) is 0 Å². The lowest BCUT2D eigenvalue weighted by Gasteiger charge is -2.07. The number of halogens is 1. The van der Waals surface area contributed by atoms with E-state index in [0.717, 1.165) is 15.7 Å². The van der Waals surface area contributed by atoms with Crippen molar-refractivity contribution in [3.63, 3.8) is 0 Å². The number of amides is 2. The number of aryl methyl sites for hydroxylation is 2. The molecular formula is C16H16BrN3O3. The molecule has 120 valence electrons. The molecule has 23 heavy (non-hydrogen) atoms. The molecule has 0 radical (unpaired) electrons. The average Bonchev–Trinajstić information content (AvgIpc) is 3.21. The fourth-order valence-corrected chi connectivity index (χ4v) is 2.62. The maximum absolute atomic E-state index is 12.2. The van der Waals surface area contributed by atoms with Crippen molar-refractivity contribution < 1.29 is 14.1 Å². The molecule has 0 spiro atoms. The second-order valence-corrected chi connectivity index (χ2v) is 6.57. The van der Waals surface area contributed by atoms with Gasteiger partial charge in [0, 0.05) is 16.2 Å². The summed E-state index contributed by atoms with van der Waals surface area (Å²) in [5, 5.41) is 9.22. The van der Waals surface area contributed by atoms with Crippen LogP contribution in [0.15, 0.2) is 33.3 Å². The summed E-state index contributed by atoms with van der Waals surface area (Å²) in [6, 6.07) is 7.23. The SMILES string of the molecule is Cc1cc(NC(=O)C2CC2C(=O)Nc2ccc(Br)c(C)c2)no1. The molecular weight excluding hydrogens is 362 g/mol. The monoisotopic (exact) mass is 377 g/mol. The highest BCUT2D eigenvalue weighted by Crippen LogP contribution is 2.40. The zero-order valence-corrected chi connectivity index (χ0v) is 14.3. The number of carbonyl (C=O) groups is 2. The maximum Gasteiger partial charge on any atom is 0.229 e. The van der Waals surface area contributed by atoms with Crippen LogP contribution in [0.5, 0.6) is 0 Å². The number of nitrogens with one attached hydrogen (secondary N) is 2. The molecule has 7 heteroatoms.